The number of rotatable bonds is 5. The van der Waals surface area contributed by atoms with Crippen molar-refractivity contribution in [2.45, 2.75) is 25.6 Å². The van der Waals surface area contributed by atoms with E-state index in [1.165, 1.54) is 11.1 Å². The van der Waals surface area contributed by atoms with Crippen molar-refractivity contribution >= 4 is 14.4 Å². The molecular formula is C13H20OSi. The summed E-state index contributed by atoms with van der Waals surface area (Å²) in [6.07, 6.45) is 3.02. The molecule has 0 amide bonds. The molecule has 1 aromatic rings. The lowest BCUT2D eigenvalue weighted by Crippen LogP contribution is -2.28. The van der Waals surface area contributed by atoms with Crippen LogP contribution in [0.1, 0.15) is 11.1 Å². The molecule has 1 aromatic carbocycles. The third kappa shape index (κ3) is 3.65. The predicted octanol–water partition coefficient (Wildman–Crippen LogP) is 3.72. The summed E-state index contributed by atoms with van der Waals surface area (Å²) < 4.78 is 5.55. The highest BCUT2D eigenvalue weighted by atomic mass is 28.4. The Balaban J connectivity index is 2.69. The van der Waals surface area contributed by atoms with Crippen LogP contribution < -0.4 is 0 Å². The number of aryl methyl sites for hydroxylation is 1. The largest absolute Gasteiger partial charge is 0.420 e. The van der Waals surface area contributed by atoms with Crippen molar-refractivity contribution in [3.05, 3.63) is 42.0 Å². The van der Waals surface area contributed by atoms with Crippen LogP contribution in [-0.4, -0.2) is 15.4 Å². The zero-order valence-electron chi connectivity index (χ0n) is 9.92. The van der Waals surface area contributed by atoms with Gasteiger partial charge in [0.05, 0.1) is 0 Å². The van der Waals surface area contributed by atoms with Crippen LogP contribution in [0.5, 0.6) is 0 Å². The lowest BCUT2D eigenvalue weighted by atomic mass is 10.1. The van der Waals surface area contributed by atoms with Crippen molar-refractivity contribution in [1.29, 1.82) is 0 Å². The molecule has 15 heavy (non-hydrogen) atoms. The second-order valence-corrected chi connectivity index (χ2v) is 8.79. The molecule has 0 saturated carbocycles. The maximum absolute atomic E-state index is 5.55. The normalized spacial score (nSPS) is 11.4. The summed E-state index contributed by atoms with van der Waals surface area (Å²) in [6, 6.07) is 9.60. The summed E-state index contributed by atoms with van der Waals surface area (Å²) >= 11 is 0. The molecule has 0 saturated heterocycles. The summed E-state index contributed by atoms with van der Waals surface area (Å²) in [5.41, 5.74) is 2.63. The number of benzene rings is 1. The Hall–Kier alpha value is -0.863. The standard InChI is InChI=1S/C13H20OSi/c1-5-12-8-6-7-9-13(12)10-11-15(3,4)14-2/h5-9H,1,10-11H2,2-4H3. The maximum Gasteiger partial charge on any atom is 0.186 e. The second-order valence-electron chi connectivity index (χ2n) is 4.37. The van der Waals surface area contributed by atoms with Gasteiger partial charge in [0, 0.05) is 7.11 Å². The minimum atomic E-state index is -1.43. The van der Waals surface area contributed by atoms with Crippen molar-refractivity contribution in [3.63, 3.8) is 0 Å². The van der Waals surface area contributed by atoms with Crippen LogP contribution in [0.15, 0.2) is 30.8 Å². The average Bonchev–Trinajstić information content (AvgIpc) is 2.27. The van der Waals surface area contributed by atoms with E-state index in [4.69, 9.17) is 4.43 Å². The minimum Gasteiger partial charge on any atom is -0.420 e. The predicted molar refractivity (Wildman–Crippen MR) is 69.5 cm³/mol. The summed E-state index contributed by atoms with van der Waals surface area (Å²) in [7, 11) is 0.395. The Bertz CT molecular complexity index is 331. The fourth-order valence-corrected chi connectivity index (χ4v) is 2.57. The third-order valence-corrected chi connectivity index (χ3v) is 5.38. The molecule has 2 heteroatoms. The molecule has 0 spiro atoms. The molecule has 0 heterocycles. The molecule has 0 fully saturated rings. The molecule has 0 atom stereocenters. The van der Waals surface area contributed by atoms with Crippen LogP contribution in [-0.2, 0) is 10.8 Å². The Morgan fingerprint density at radius 3 is 2.60 bits per heavy atom. The first-order valence-electron chi connectivity index (χ1n) is 5.34. The molecule has 0 N–H and O–H groups in total. The van der Waals surface area contributed by atoms with Crippen molar-refractivity contribution in [3.8, 4) is 0 Å². The smallest absolute Gasteiger partial charge is 0.186 e. The third-order valence-electron chi connectivity index (χ3n) is 2.82. The number of hydrogen-bond donors (Lipinski definition) is 0. The van der Waals surface area contributed by atoms with E-state index in [2.05, 4.69) is 43.9 Å². The first-order chi connectivity index (χ1) is 7.09. The van der Waals surface area contributed by atoms with E-state index in [1.54, 1.807) is 0 Å². The molecule has 0 unspecified atom stereocenters. The summed E-state index contributed by atoms with van der Waals surface area (Å²) in [6.45, 7) is 8.34. The molecule has 1 nitrogen and oxygen atoms in total. The SMILES string of the molecule is C=Cc1ccccc1CC[Si](C)(C)OC. The van der Waals surface area contributed by atoms with E-state index >= 15 is 0 Å². The van der Waals surface area contributed by atoms with Gasteiger partial charge in [0.2, 0.25) is 0 Å². The molecule has 1 rings (SSSR count). The van der Waals surface area contributed by atoms with Crippen LogP contribution in [0.4, 0.5) is 0 Å². The van der Waals surface area contributed by atoms with E-state index < -0.39 is 8.32 Å². The average molecular weight is 220 g/mol. The van der Waals surface area contributed by atoms with Crippen LogP contribution >= 0.6 is 0 Å². The Morgan fingerprint density at radius 1 is 1.33 bits per heavy atom. The molecule has 82 valence electrons. The van der Waals surface area contributed by atoms with Gasteiger partial charge in [-0.3, -0.25) is 0 Å². The van der Waals surface area contributed by atoms with Gasteiger partial charge in [0.15, 0.2) is 8.32 Å². The van der Waals surface area contributed by atoms with E-state index in [0.717, 1.165) is 12.5 Å². The van der Waals surface area contributed by atoms with Crippen LogP contribution in [0, 0.1) is 0 Å². The summed E-state index contributed by atoms with van der Waals surface area (Å²) in [5.74, 6) is 0. The Labute approximate surface area is 93.9 Å². The number of hydrogen-bond acceptors (Lipinski definition) is 1. The molecule has 0 radical (unpaired) electrons. The highest BCUT2D eigenvalue weighted by molar-refractivity contribution is 6.71. The van der Waals surface area contributed by atoms with Gasteiger partial charge in [-0.1, -0.05) is 36.9 Å². The Morgan fingerprint density at radius 2 is 2.00 bits per heavy atom. The van der Waals surface area contributed by atoms with E-state index in [-0.39, 0.29) is 0 Å². The summed E-state index contributed by atoms with van der Waals surface area (Å²) in [5, 5.41) is 0. The molecule has 0 aliphatic rings. The van der Waals surface area contributed by atoms with Crippen molar-refractivity contribution in [1.82, 2.24) is 0 Å². The van der Waals surface area contributed by atoms with Gasteiger partial charge >= 0.3 is 0 Å². The van der Waals surface area contributed by atoms with Crippen molar-refractivity contribution in [2.24, 2.45) is 0 Å². The maximum atomic E-state index is 5.55. The van der Waals surface area contributed by atoms with Gasteiger partial charge in [0.1, 0.15) is 0 Å². The lowest BCUT2D eigenvalue weighted by molar-refractivity contribution is 0.403. The van der Waals surface area contributed by atoms with Crippen LogP contribution in [0.2, 0.25) is 19.1 Å². The van der Waals surface area contributed by atoms with Gasteiger partial charge in [-0.25, -0.2) is 0 Å². The molecule has 0 aromatic heterocycles. The fraction of sp³-hybridized carbons (Fsp3) is 0.385. The summed E-state index contributed by atoms with van der Waals surface area (Å²) in [4.78, 5) is 0. The van der Waals surface area contributed by atoms with Gasteiger partial charge in [-0.2, -0.15) is 0 Å². The topological polar surface area (TPSA) is 9.23 Å². The van der Waals surface area contributed by atoms with Gasteiger partial charge in [-0.05, 0) is 36.7 Å². The molecule has 0 aliphatic carbocycles. The zero-order chi connectivity index (χ0) is 11.3. The first-order valence-corrected chi connectivity index (χ1v) is 8.46. The fourth-order valence-electron chi connectivity index (χ4n) is 1.50. The first kappa shape index (κ1) is 12.2. The quantitative estimate of drug-likeness (QED) is 0.687. The van der Waals surface area contributed by atoms with E-state index in [9.17, 15) is 0 Å². The minimum absolute atomic E-state index is 1.09. The van der Waals surface area contributed by atoms with Crippen LogP contribution in [0.25, 0.3) is 6.08 Å². The highest BCUT2D eigenvalue weighted by Gasteiger charge is 2.20. The lowest BCUT2D eigenvalue weighted by Gasteiger charge is -2.20. The van der Waals surface area contributed by atoms with Crippen molar-refractivity contribution in [2.75, 3.05) is 7.11 Å². The van der Waals surface area contributed by atoms with E-state index in [1.807, 2.05) is 13.2 Å². The molecule has 0 bridgehead atoms. The van der Waals surface area contributed by atoms with Crippen molar-refractivity contribution < 1.29 is 4.43 Å². The van der Waals surface area contributed by atoms with Gasteiger partial charge in [-0.15, -0.1) is 0 Å². The zero-order valence-corrected chi connectivity index (χ0v) is 10.9. The highest BCUT2D eigenvalue weighted by Crippen LogP contribution is 2.18. The monoisotopic (exact) mass is 220 g/mol. The van der Waals surface area contributed by atoms with E-state index in [0.29, 0.717) is 0 Å². The second kappa shape index (κ2) is 5.28. The Kier molecular flexibility index (Phi) is 4.30. The van der Waals surface area contributed by atoms with Gasteiger partial charge in [0.25, 0.3) is 0 Å². The van der Waals surface area contributed by atoms with Crippen LogP contribution in [0.3, 0.4) is 0 Å². The van der Waals surface area contributed by atoms with Gasteiger partial charge < -0.3 is 4.43 Å². The molecular weight excluding hydrogens is 200 g/mol. The molecule has 0 aliphatic heterocycles.